The summed E-state index contributed by atoms with van der Waals surface area (Å²) in [6, 6.07) is 16.2. The van der Waals surface area contributed by atoms with Gasteiger partial charge in [-0.1, -0.05) is 48.5 Å². The normalized spacial score (nSPS) is 12.7. The first-order valence-electron chi connectivity index (χ1n) is 6.06. The van der Waals surface area contributed by atoms with Gasteiger partial charge in [-0.25, -0.2) is 10.3 Å². The molecule has 0 fully saturated rings. The van der Waals surface area contributed by atoms with Crippen LogP contribution in [0.2, 0.25) is 0 Å². The van der Waals surface area contributed by atoms with Gasteiger partial charge in [0.15, 0.2) is 0 Å². The molecular formula is C15H13NO3. The fraction of sp³-hybridized carbons (Fsp3) is 0.133. The van der Waals surface area contributed by atoms with Crippen LogP contribution < -0.4 is 5.48 Å². The summed E-state index contributed by atoms with van der Waals surface area (Å²) in [6.45, 7) is 0.209. The molecule has 0 radical (unpaired) electrons. The molecule has 2 aromatic rings. The lowest BCUT2D eigenvalue weighted by Gasteiger charge is -2.13. The van der Waals surface area contributed by atoms with Crippen molar-refractivity contribution in [1.29, 1.82) is 0 Å². The molecule has 0 atom stereocenters. The SMILES string of the molecule is O=C(NO)OCC1c2ccccc2-c2ccccc21. The Morgan fingerprint density at radius 3 is 2.11 bits per heavy atom. The van der Waals surface area contributed by atoms with E-state index in [1.54, 1.807) is 0 Å². The Kier molecular flexibility index (Phi) is 2.93. The van der Waals surface area contributed by atoms with E-state index in [2.05, 4.69) is 12.1 Å². The number of amides is 1. The number of rotatable bonds is 2. The van der Waals surface area contributed by atoms with Crippen molar-refractivity contribution >= 4 is 6.09 Å². The summed E-state index contributed by atoms with van der Waals surface area (Å²) in [5.74, 6) is 0.0182. The van der Waals surface area contributed by atoms with Crippen molar-refractivity contribution in [3.8, 4) is 11.1 Å². The lowest BCUT2D eigenvalue weighted by atomic mass is 9.98. The Balaban J connectivity index is 1.98. The van der Waals surface area contributed by atoms with Crippen molar-refractivity contribution in [2.24, 2.45) is 0 Å². The number of ether oxygens (including phenoxy) is 1. The molecule has 0 saturated heterocycles. The van der Waals surface area contributed by atoms with E-state index >= 15 is 0 Å². The number of hydrogen-bond donors (Lipinski definition) is 2. The van der Waals surface area contributed by atoms with Gasteiger partial charge in [0.2, 0.25) is 0 Å². The van der Waals surface area contributed by atoms with Gasteiger partial charge in [-0.05, 0) is 22.3 Å². The first kappa shape index (κ1) is 11.7. The lowest BCUT2D eigenvalue weighted by Crippen LogP contribution is -2.22. The molecule has 0 aliphatic heterocycles. The topological polar surface area (TPSA) is 58.6 Å². The van der Waals surface area contributed by atoms with Crippen LogP contribution in [0.3, 0.4) is 0 Å². The van der Waals surface area contributed by atoms with Crippen LogP contribution in [0.4, 0.5) is 4.79 Å². The Hall–Kier alpha value is -2.33. The second-order valence-corrected chi connectivity index (χ2v) is 4.44. The van der Waals surface area contributed by atoms with Crippen LogP contribution in [0, 0.1) is 0 Å². The fourth-order valence-corrected chi connectivity index (χ4v) is 2.63. The molecule has 2 N–H and O–H groups in total. The van der Waals surface area contributed by atoms with Crippen LogP contribution in [-0.2, 0) is 4.74 Å². The summed E-state index contributed by atoms with van der Waals surface area (Å²) in [5, 5.41) is 8.47. The molecular weight excluding hydrogens is 242 g/mol. The molecule has 0 unspecified atom stereocenters. The lowest BCUT2D eigenvalue weighted by molar-refractivity contribution is 0.0872. The zero-order valence-corrected chi connectivity index (χ0v) is 10.2. The van der Waals surface area contributed by atoms with Gasteiger partial charge in [-0.15, -0.1) is 0 Å². The molecule has 1 aliphatic carbocycles. The highest BCUT2D eigenvalue weighted by molar-refractivity contribution is 5.79. The molecule has 4 nitrogen and oxygen atoms in total. The minimum Gasteiger partial charge on any atom is -0.447 e. The van der Waals surface area contributed by atoms with Gasteiger partial charge in [-0.3, -0.25) is 5.21 Å². The third-order valence-corrected chi connectivity index (χ3v) is 3.43. The molecule has 0 bridgehead atoms. The molecule has 1 amide bonds. The summed E-state index contributed by atoms with van der Waals surface area (Å²) in [4.78, 5) is 11.0. The van der Waals surface area contributed by atoms with E-state index in [1.165, 1.54) is 16.6 Å². The number of nitrogens with one attached hydrogen (secondary N) is 1. The maximum absolute atomic E-state index is 11.0. The Labute approximate surface area is 110 Å². The molecule has 2 aromatic carbocycles. The number of benzene rings is 2. The number of fused-ring (bicyclic) bond motifs is 3. The average Bonchev–Trinajstić information content (AvgIpc) is 2.79. The van der Waals surface area contributed by atoms with Gasteiger partial charge in [0.05, 0.1) is 0 Å². The Morgan fingerprint density at radius 1 is 1.05 bits per heavy atom. The molecule has 0 heterocycles. The van der Waals surface area contributed by atoms with Gasteiger partial charge >= 0.3 is 6.09 Å². The summed E-state index contributed by atoms with van der Waals surface area (Å²) in [7, 11) is 0. The zero-order chi connectivity index (χ0) is 13.2. The second-order valence-electron chi connectivity index (χ2n) is 4.44. The number of hydroxylamine groups is 1. The predicted octanol–water partition coefficient (Wildman–Crippen LogP) is 2.91. The highest BCUT2D eigenvalue weighted by atomic mass is 16.6. The molecule has 0 aromatic heterocycles. The van der Waals surface area contributed by atoms with Gasteiger partial charge < -0.3 is 4.74 Å². The highest BCUT2D eigenvalue weighted by Gasteiger charge is 2.28. The molecule has 0 saturated carbocycles. The molecule has 4 heteroatoms. The van der Waals surface area contributed by atoms with Crippen molar-refractivity contribution in [3.63, 3.8) is 0 Å². The number of hydrogen-bond acceptors (Lipinski definition) is 3. The third kappa shape index (κ3) is 1.96. The average molecular weight is 255 g/mol. The van der Waals surface area contributed by atoms with Crippen molar-refractivity contribution < 1.29 is 14.7 Å². The Bertz CT molecular complexity index is 579. The number of carbonyl (C=O) groups is 1. The van der Waals surface area contributed by atoms with Crippen LogP contribution in [0.1, 0.15) is 17.0 Å². The minimum atomic E-state index is -0.832. The van der Waals surface area contributed by atoms with Gasteiger partial charge in [0, 0.05) is 5.92 Å². The van der Waals surface area contributed by atoms with E-state index in [0.29, 0.717) is 0 Å². The van der Waals surface area contributed by atoms with Gasteiger partial charge in [-0.2, -0.15) is 0 Å². The van der Waals surface area contributed by atoms with Crippen molar-refractivity contribution in [2.45, 2.75) is 5.92 Å². The Morgan fingerprint density at radius 2 is 1.58 bits per heavy atom. The first-order valence-corrected chi connectivity index (χ1v) is 6.06. The zero-order valence-electron chi connectivity index (χ0n) is 10.2. The third-order valence-electron chi connectivity index (χ3n) is 3.43. The van der Waals surface area contributed by atoms with Crippen LogP contribution in [-0.4, -0.2) is 17.9 Å². The van der Waals surface area contributed by atoms with Gasteiger partial charge in [0.1, 0.15) is 6.61 Å². The number of carbonyl (C=O) groups excluding carboxylic acids is 1. The molecule has 3 rings (SSSR count). The fourth-order valence-electron chi connectivity index (χ4n) is 2.63. The monoisotopic (exact) mass is 255 g/mol. The summed E-state index contributed by atoms with van der Waals surface area (Å²) < 4.78 is 4.99. The van der Waals surface area contributed by atoms with Crippen LogP contribution in [0.25, 0.3) is 11.1 Å². The smallest absolute Gasteiger partial charge is 0.431 e. The summed E-state index contributed by atoms with van der Waals surface area (Å²) in [5.41, 5.74) is 6.12. The van der Waals surface area contributed by atoms with E-state index in [4.69, 9.17) is 9.94 Å². The maximum Gasteiger partial charge on any atom is 0.431 e. The molecule has 96 valence electrons. The standard InChI is InChI=1S/C15H13NO3/c17-15(16-18)19-9-14-12-7-3-1-5-10(12)11-6-2-4-8-13(11)14/h1-8,14,18H,9H2,(H,16,17). The molecule has 0 spiro atoms. The largest absolute Gasteiger partial charge is 0.447 e. The first-order chi connectivity index (χ1) is 9.31. The van der Waals surface area contributed by atoms with Crippen LogP contribution in [0.5, 0.6) is 0 Å². The molecule has 1 aliphatic rings. The minimum absolute atomic E-state index is 0.0182. The van der Waals surface area contributed by atoms with Crippen LogP contribution >= 0.6 is 0 Å². The quantitative estimate of drug-likeness (QED) is 0.640. The van der Waals surface area contributed by atoms with E-state index < -0.39 is 6.09 Å². The molecule has 19 heavy (non-hydrogen) atoms. The van der Waals surface area contributed by atoms with Crippen molar-refractivity contribution in [2.75, 3.05) is 6.61 Å². The van der Waals surface area contributed by atoms with Crippen LogP contribution in [0.15, 0.2) is 48.5 Å². The van der Waals surface area contributed by atoms with Crippen molar-refractivity contribution in [1.82, 2.24) is 5.48 Å². The van der Waals surface area contributed by atoms with E-state index in [-0.39, 0.29) is 12.5 Å². The van der Waals surface area contributed by atoms with E-state index in [9.17, 15) is 4.79 Å². The maximum atomic E-state index is 11.0. The second kappa shape index (κ2) is 4.74. The summed E-state index contributed by atoms with van der Waals surface area (Å²) in [6.07, 6.45) is -0.832. The highest BCUT2D eigenvalue weighted by Crippen LogP contribution is 2.44. The predicted molar refractivity (Wildman–Crippen MR) is 70.0 cm³/mol. The van der Waals surface area contributed by atoms with Gasteiger partial charge in [0.25, 0.3) is 0 Å². The van der Waals surface area contributed by atoms with E-state index in [1.807, 2.05) is 36.4 Å². The van der Waals surface area contributed by atoms with Crippen molar-refractivity contribution in [3.05, 3.63) is 59.7 Å². The van der Waals surface area contributed by atoms with E-state index in [0.717, 1.165) is 11.1 Å². The summed E-state index contributed by atoms with van der Waals surface area (Å²) >= 11 is 0.